The van der Waals surface area contributed by atoms with E-state index in [1.54, 1.807) is 12.1 Å². The van der Waals surface area contributed by atoms with Crippen molar-refractivity contribution in [3.8, 4) is 0 Å². The number of hydrogen-bond acceptors (Lipinski definition) is 8. The first-order chi connectivity index (χ1) is 14.6. The third kappa shape index (κ3) is 6.49. The van der Waals surface area contributed by atoms with Crippen LogP contribution >= 0.6 is 23.2 Å². The van der Waals surface area contributed by atoms with Crippen LogP contribution in [0.4, 0.5) is 5.82 Å². The lowest BCUT2D eigenvalue weighted by Gasteiger charge is -2.17. The zero-order valence-corrected chi connectivity index (χ0v) is 19.5. The molecule has 1 fully saturated rings. The van der Waals surface area contributed by atoms with Crippen LogP contribution in [0.5, 0.6) is 0 Å². The quantitative estimate of drug-likeness (QED) is 0.295. The molecule has 3 rings (SSSR count). The van der Waals surface area contributed by atoms with E-state index in [1.807, 2.05) is 4.72 Å². The average molecular weight is 487 g/mol. The normalized spacial score (nSPS) is 18.0. The number of amides is 1. The molecule has 0 spiro atoms. The SMILES string of the molecule is CC1(C)C[C@H](CCCNc2cccc(S(=O)(=O)NC(=O)c3cnc(Cl)nc3Cl)n2)CN1. The van der Waals surface area contributed by atoms with Gasteiger partial charge >= 0.3 is 0 Å². The number of pyridine rings is 1. The molecule has 0 aliphatic carbocycles. The van der Waals surface area contributed by atoms with Crippen LogP contribution in [-0.2, 0) is 10.0 Å². The van der Waals surface area contributed by atoms with Gasteiger partial charge in [0.25, 0.3) is 15.9 Å². The minimum atomic E-state index is -4.22. The molecule has 2 aromatic heterocycles. The van der Waals surface area contributed by atoms with Gasteiger partial charge in [-0.2, -0.15) is 8.42 Å². The van der Waals surface area contributed by atoms with E-state index < -0.39 is 15.9 Å². The Labute approximate surface area is 191 Å². The maximum atomic E-state index is 12.6. The van der Waals surface area contributed by atoms with Gasteiger partial charge in [-0.05, 0) is 69.3 Å². The summed E-state index contributed by atoms with van der Waals surface area (Å²) in [5, 5.41) is 5.94. The molecule has 0 aromatic carbocycles. The summed E-state index contributed by atoms with van der Waals surface area (Å²) in [7, 11) is -4.22. The molecule has 0 unspecified atom stereocenters. The predicted octanol–water partition coefficient (Wildman–Crippen LogP) is 2.88. The molecule has 0 bridgehead atoms. The fraction of sp³-hybridized carbons (Fsp3) is 0.474. The van der Waals surface area contributed by atoms with Crippen LogP contribution in [-0.4, -0.2) is 47.9 Å². The lowest BCUT2D eigenvalue weighted by atomic mass is 9.94. The number of carbonyl (C=O) groups is 1. The molecule has 168 valence electrons. The van der Waals surface area contributed by atoms with Crippen molar-refractivity contribution in [1.82, 2.24) is 25.0 Å². The van der Waals surface area contributed by atoms with Crippen molar-refractivity contribution in [2.75, 3.05) is 18.4 Å². The van der Waals surface area contributed by atoms with Crippen LogP contribution in [0.1, 0.15) is 43.5 Å². The van der Waals surface area contributed by atoms with Crippen molar-refractivity contribution in [1.29, 1.82) is 0 Å². The van der Waals surface area contributed by atoms with Crippen LogP contribution in [0.3, 0.4) is 0 Å². The summed E-state index contributed by atoms with van der Waals surface area (Å²) in [5.41, 5.74) is -0.0247. The Morgan fingerprint density at radius 3 is 2.74 bits per heavy atom. The number of carbonyl (C=O) groups excluding carboxylic acids is 1. The van der Waals surface area contributed by atoms with Gasteiger partial charge in [0.1, 0.15) is 11.0 Å². The summed E-state index contributed by atoms with van der Waals surface area (Å²) in [6, 6.07) is 4.52. The molecule has 0 saturated carbocycles. The van der Waals surface area contributed by atoms with E-state index in [0.29, 0.717) is 18.3 Å². The van der Waals surface area contributed by atoms with E-state index in [0.717, 1.165) is 32.0 Å². The highest BCUT2D eigenvalue weighted by molar-refractivity contribution is 7.90. The standard InChI is InChI=1S/C19H24Cl2N6O3S/c1-19(2)9-12(10-24-19)5-4-8-22-14-6-3-7-15(25-14)31(29,30)27-17(28)13-11-23-18(21)26-16(13)20/h3,6-7,11-12,24H,4-5,8-10H2,1-2H3,(H,22,25)(H,27,28)/t12-/m0/s1. The van der Waals surface area contributed by atoms with E-state index in [4.69, 9.17) is 23.2 Å². The molecule has 3 heterocycles. The molecule has 1 saturated heterocycles. The van der Waals surface area contributed by atoms with E-state index >= 15 is 0 Å². The first-order valence-corrected chi connectivity index (χ1v) is 12.0. The second kappa shape index (κ2) is 9.64. The number of nitrogens with one attached hydrogen (secondary N) is 3. The van der Waals surface area contributed by atoms with Crippen molar-refractivity contribution < 1.29 is 13.2 Å². The van der Waals surface area contributed by atoms with Crippen molar-refractivity contribution in [3.63, 3.8) is 0 Å². The van der Waals surface area contributed by atoms with E-state index in [-0.39, 0.29) is 26.6 Å². The zero-order chi connectivity index (χ0) is 22.6. The Morgan fingerprint density at radius 2 is 2.06 bits per heavy atom. The monoisotopic (exact) mass is 486 g/mol. The second-order valence-corrected chi connectivity index (χ2v) is 10.4. The molecule has 1 atom stereocenters. The van der Waals surface area contributed by atoms with Crippen molar-refractivity contribution in [2.24, 2.45) is 5.92 Å². The van der Waals surface area contributed by atoms with Gasteiger partial charge in [0.15, 0.2) is 5.03 Å². The molecule has 1 amide bonds. The lowest BCUT2D eigenvalue weighted by molar-refractivity contribution is 0.0980. The fourth-order valence-electron chi connectivity index (χ4n) is 3.48. The van der Waals surface area contributed by atoms with Crippen molar-refractivity contribution in [2.45, 2.75) is 43.7 Å². The Bertz CT molecular complexity index is 1060. The summed E-state index contributed by atoms with van der Waals surface area (Å²) >= 11 is 11.4. The molecule has 1 aliphatic rings. The van der Waals surface area contributed by atoms with Crippen LogP contribution < -0.4 is 15.4 Å². The number of rotatable bonds is 8. The Morgan fingerprint density at radius 1 is 1.29 bits per heavy atom. The fourth-order valence-corrected chi connectivity index (χ4v) is 4.81. The van der Waals surface area contributed by atoms with Crippen molar-refractivity contribution in [3.05, 3.63) is 40.4 Å². The summed E-state index contributed by atoms with van der Waals surface area (Å²) in [6.07, 6.45) is 4.20. The number of aromatic nitrogens is 3. The molecule has 0 radical (unpaired) electrons. The Kier molecular flexibility index (Phi) is 7.35. The number of halogens is 2. The molecular weight excluding hydrogens is 463 g/mol. The third-order valence-corrected chi connectivity index (χ3v) is 6.65. The van der Waals surface area contributed by atoms with Gasteiger partial charge < -0.3 is 10.6 Å². The highest BCUT2D eigenvalue weighted by Gasteiger charge is 2.29. The van der Waals surface area contributed by atoms with Crippen molar-refractivity contribution >= 4 is 45.0 Å². The highest BCUT2D eigenvalue weighted by Crippen LogP contribution is 2.26. The van der Waals surface area contributed by atoms with E-state index in [1.165, 1.54) is 6.07 Å². The highest BCUT2D eigenvalue weighted by atomic mass is 35.5. The molecule has 1 aliphatic heterocycles. The van der Waals surface area contributed by atoms with E-state index in [9.17, 15) is 13.2 Å². The minimum absolute atomic E-state index is 0.155. The summed E-state index contributed by atoms with van der Waals surface area (Å²) in [4.78, 5) is 23.7. The smallest absolute Gasteiger partial charge is 0.281 e. The van der Waals surface area contributed by atoms with Crippen LogP contribution in [0.25, 0.3) is 0 Å². The van der Waals surface area contributed by atoms with Crippen LogP contribution in [0, 0.1) is 5.92 Å². The van der Waals surface area contributed by atoms with Gasteiger partial charge in [0.2, 0.25) is 5.28 Å². The first-order valence-electron chi connectivity index (χ1n) is 9.77. The van der Waals surface area contributed by atoms with Gasteiger partial charge in [0, 0.05) is 18.3 Å². The summed E-state index contributed by atoms with van der Waals surface area (Å²) in [6.45, 7) is 6.08. The number of sulfonamides is 1. The third-order valence-electron chi connectivity index (χ3n) is 4.95. The van der Waals surface area contributed by atoms with Crippen LogP contribution in [0.15, 0.2) is 29.4 Å². The number of hydrogen-bond donors (Lipinski definition) is 3. The second-order valence-electron chi connectivity index (χ2n) is 8.04. The van der Waals surface area contributed by atoms with Gasteiger partial charge in [-0.3, -0.25) is 4.79 Å². The summed E-state index contributed by atoms with van der Waals surface area (Å²) in [5.74, 6) is 0.0679. The molecule has 9 nitrogen and oxygen atoms in total. The van der Waals surface area contributed by atoms with Gasteiger partial charge in [-0.25, -0.2) is 19.7 Å². The van der Waals surface area contributed by atoms with Gasteiger partial charge in [0.05, 0.1) is 5.56 Å². The van der Waals surface area contributed by atoms with Gasteiger partial charge in [-0.15, -0.1) is 0 Å². The molecule has 12 heteroatoms. The van der Waals surface area contributed by atoms with Crippen LogP contribution in [0.2, 0.25) is 10.4 Å². The number of nitrogens with zero attached hydrogens (tertiary/aromatic N) is 3. The lowest BCUT2D eigenvalue weighted by Crippen LogP contribution is -2.31. The number of anilines is 1. The molecule has 31 heavy (non-hydrogen) atoms. The summed E-state index contributed by atoms with van der Waals surface area (Å²) < 4.78 is 27.1. The molecule has 2 aromatic rings. The molecule has 3 N–H and O–H groups in total. The Balaban J connectivity index is 1.57. The minimum Gasteiger partial charge on any atom is -0.370 e. The Hall–Kier alpha value is -2.01. The maximum Gasteiger partial charge on any atom is 0.281 e. The predicted molar refractivity (Wildman–Crippen MR) is 119 cm³/mol. The maximum absolute atomic E-state index is 12.6. The van der Waals surface area contributed by atoms with Gasteiger partial charge in [-0.1, -0.05) is 17.7 Å². The molecular formula is C19H24Cl2N6O3S. The van der Waals surface area contributed by atoms with E-state index in [2.05, 4.69) is 39.4 Å². The topological polar surface area (TPSA) is 126 Å². The average Bonchev–Trinajstić information content (AvgIpc) is 3.03. The largest absolute Gasteiger partial charge is 0.370 e. The first kappa shape index (κ1) is 23.6. The zero-order valence-electron chi connectivity index (χ0n) is 17.2.